The number of morpholine rings is 1. The molecule has 0 aromatic heterocycles. The second-order valence-electron chi connectivity index (χ2n) is 9.28. The van der Waals surface area contributed by atoms with Crippen molar-refractivity contribution >= 4 is 24.4 Å². The Hall–Kier alpha value is -2.15. The van der Waals surface area contributed by atoms with E-state index in [1.165, 1.54) is 0 Å². The second-order valence-corrected chi connectivity index (χ2v) is 9.28. The Morgan fingerprint density at radius 1 is 1.19 bits per heavy atom. The van der Waals surface area contributed by atoms with Crippen LogP contribution in [-0.2, 0) is 30.2 Å². The van der Waals surface area contributed by atoms with Crippen LogP contribution in [0.3, 0.4) is 0 Å². The lowest BCUT2D eigenvalue weighted by molar-refractivity contribution is -0.158. The molecule has 0 spiro atoms. The summed E-state index contributed by atoms with van der Waals surface area (Å²) >= 11 is 0. The van der Waals surface area contributed by atoms with E-state index in [0.29, 0.717) is 64.7 Å². The molecule has 2 saturated heterocycles. The number of ether oxygens (including phenoxy) is 5. The van der Waals surface area contributed by atoms with E-state index >= 15 is 0 Å². The van der Waals surface area contributed by atoms with Crippen LogP contribution in [0.15, 0.2) is 24.3 Å². The highest BCUT2D eigenvalue weighted by atomic mass is 35.5. The van der Waals surface area contributed by atoms with Crippen LogP contribution in [0, 0.1) is 0 Å². The zero-order valence-electron chi connectivity index (χ0n) is 21.6. The van der Waals surface area contributed by atoms with Crippen molar-refractivity contribution in [2.45, 2.75) is 44.7 Å². The van der Waals surface area contributed by atoms with Gasteiger partial charge in [-0.1, -0.05) is 12.1 Å². The van der Waals surface area contributed by atoms with E-state index in [0.717, 1.165) is 5.56 Å². The number of nitrogens with zero attached hydrogens (tertiary/aromatic N) is 1. The van der Waals surface area contributed by atoms with Crippen LogP contribution in [0.4, 0.5) is 4.79 Å². The summed E-state index contributed by atoms with van der Waals surface area (Å²) in [5.41, 5.74) is 0.988. The molecule has 1 aromatic carbocycles. The molecule has 0 saturated carbocycles. The molecule has 0 unspecified atom stereocenters. The molecule has 2 heterocycles. The molecule has 0 aliphatic carbocycles. The van der Waals surface area contributed by atoms with Gasteiger partial charge in [-0.15, -0.1) is 12.4 Å². The number of amides is 2. The fourth-order valence-corrected chi connectivity index (χ4v) is 3.76. The largest absolute Gasteiger partial charge is 0.491 e. The van der Waals surface area contributed by atoms with Crippen molar-refractivity contribution in [2.24, 2.45) is 0 Å². The smallest absolute Gasteiger partial charge is 0.317 e. The molecule has 2 amide bonds. The minimum absolute atomic E-state index is 0. The number of aryl methyl sites for hydroxylation is 1. The number of rotatable bonds is 13. The first-order valence-electron chi connectivity index (χ1n) is 12.5. The molecule has 2 aliphatic rings. The van der Waals surface area contributed by atoms with Crippen molar-refractivity contribution in [3.05, 3.63) is 29.8 Å². The van der Waals surface area contributed by atoms with Gasteiger partial charge in [-0.25, -0.2) is 4.79 Å². The van der Waals surface area contributed by atoms with Gasteiger partial charge in [0.25, 0.3) is 0 Å². The zero-order chi connectivity index (χ0) is 25.8. The topological polar surface area (TPSA) is 128 Å². The average Bonchev–Trinajstić information content (AvgIpc) is 3.24. The van der Waals surface area contributed by atoms with E-state index in [1.54, 1.807) is 4.90 Å². The van der Waals surface area contributed by atoms with E-state index < -0.39 is 11.9 Å². The molecule has 3 N–H and O–H groups in total. The number of esters is 1. The number of aliphatic hydroxyl groups is 1. The van der Waals surface area contributed by atoms with Gasteiger partial charge in [0.2, 0.25) is 0 Å². The molecular weight excluding hydrogens is 506 g/mol. The van der Waals surface area contributed by atoms with Gasteiger partial charge in [0.05, 0.1) is 19.8 Å². The van der Waals surface area contributed by atoms with Gasteiger partial charge in [-0.3, -0.25) is 4.79 Å². The molecule has 12 heteroatoms. The fourth-order valence-electron chi connectivity index (χ4n) is 3.76. The number of hydrogen-bond donors (Lipinski definition) is 3. The summed E-state index contributed by atoms with van der Waals surface area (Å²) < 4.78 is 27.2. The first kappa shape index (κ1) is 31.1. The van der Waals surface area contributed by atoms with Gasteiger partial charge in [0, 0.05) is 39.1 Å². The SMILES string of the molecule is CC1(C)OC[C@@H](COC(=O)CCc2ccc(OC[C@H](O)CNCCNC(=O)N3CCOCC3)cc2)O1.Cl. The number of carbonyl (C=O) groups excluding carboxylic acids is 2. The van der Waals surface area contributed by atoms with Gasteiger partial charge in [0.15, 0.2) is 5.79 Å². The van der Waals surface area contributed by atoms with Crippen molar-refractivity contribution < 1.29 is 38.4 Å². The Morgan fingerprint density at radius 2 is 1.92 bits per heavy atom. The molecule has 210 valence electrons. The predicted molar refractivity (Wildman–Crippen MR) is 138 cm³/mol. The molecule has 0 bridgehead atoms. The Morgan fingerprint density at radius 3 is 2.59 bits per heavy atom. The maximum absolute atomic E-state index is 12.0. The van der Waals surface area contributed by atoms with E-state index in [4.69, 9.17) is 23.7 Å². The van der Waals surface area contributed by atoms with Crippen LogP contribution in [0.2, 0.25) is 0 Å². The maximum Gasteiger partial charge on any atom is 0.317 e. The standard InChI is InChI=1S/C25H39N3O8.ClH/c1-25(2)35-18-22(36-25)17-34-23(30)8-5-19-3-6-21(7-4-19)33-16-20(29)15-26-9-10-27-24(31)28-11-13-32-14-12-28;/h3-4,6-7,20,22,26,29H,5,8-18H2,1-2H3,(H,27,31);1H/t20-,22-;/m1./s1. The molecule has 11 nitrogen and oxygen atoms in total. The van der Waals surface area contributed by atoms with Crippen LogP contribution >= 0.6 is 12.4 Å². The lowest BCUT2D eigenvalue weighted by Crippen LogP contribution is -2.47. The van der Waals surface area contributed by atoms with Gasteiger partial charge < -0.3 is 44.3 Å². The van der Waals surface area contributed by atoms with Gasteiger partial charge in [-0.2, -0.15) is 0 Å². The van der Waals surface area contributed by atoms with Crippen LogP contribution in [0.5, 0.6) is 5.75 Å². The molecule has 2 atom stereocenters. The first-order valence-corrected chi connectivity index (χ1v) is 12.5. The number of aliphatic hydroxyl groups excluding tert-OH is 1. The van der Waals surface area contributed by atoms with Gasteiger partial charge in [-0.05, 0) is 38.0 Å². The van der Waals surface area contributed by atoms with E-state index in [1.807, 2.05) is 38.1 Å². The molecule has 0 radical (unpaired) electrons. The Kier molecular flexibility index (Phi) is 13.4. The number of carbonyl (C=O) groups is 2. The fraction of sp³-hybridized carbons (Fsp3) is 0.680. The second kappa shape index (κ2) is 16.0. The Bertz CT molecular complexity index is 821. The Balaban J connectivity index is 0.00000481. The van der Waals surface area contributed by atoms with Crippen molar-refractivity contribution in [1.29, 1.82) is 0 Å². The van der Waals surface area contributed by atoms with Crippen LogP contribution < -0.4 is 15.4 Å². The third kappa shape index (κ3) is 11.8. The normalized spacial score (nSPS) is 19.5. The molecule has 1 aromatic rings. The maximum atomic E-state index is 12.0. The van der Waals surface area contributed by atoms with Crippen LogP contribution in [0.25, 0.3) is 0 Å². The van der Waals surface area contributed by atoms with Crippen LogP contribution in [-0.4, -0.2) is 106 Å². The number of halogens is 1. The summed E-state index contributed by atoms with van der Waals surface area (Å²) in [5.74, 6) is -0.269. The zero-order valence-corrected chi connectivity index (χ0v) is 22.4. The molecule has 37 heavy (non-hydrogen) atoms. The van der Waals surface area contributed by atoms with Gasteiger partial charge in [0.1, 0.15) is 31.2 Å². The minimum Gasteiger partial charge on any atom is -0.491 e. The van der Waals surface area contributed by atoms with Crippen molar-refractivity contribution in [2.75, 3.05) is 65.8 Å². The average molecular weight is 546 g/mol. The first-order chi connectivity index (χ1) is 17.3. The molecule has 3 rings (SSSR count). The summed E-state index contributed by atoms with van der Waals surface area (Å²) in [6, 6.07) is 7.31. The lowest BCUT2D eigenvalue weighted by atomic mass is 10.1. The highest BCUT2D eigenvalue weighted by Crippen LogP contribution is 2.22. The minimum atomic E-state index is -0.686. The number of nitrogens with one attached hydrogen (secondary N) is 2. The van der Waals surface area contributed by atoms with E-state index in [2.05, 4.69) is 10.6 Å². The molecular formula is C25H40ClN3O8. The van der Waals surface area contributed by atoms with Crippen molar-refractivity contribution in [3.63, 3.8) is 0 Å². The summed E-state index contributed by atoms with van der Waals surface area (Å²) in [6.45, 7) is 8.13. The van der Waals surface area contributed by atoms with Crippen molar-refractivity contribution in [3.8, 4) is 5.75 Å². The number of hydrogen-bond acceptors (Lipinski definition) is 9. The van der Waals surface area contributed by atoms with Crippen LogP contribution in [0.1, 0.15) is 25.8 Å². The van der Waals surface area contributed by atoms with E-state index in [9.17, 15) is 14.7 Å². The predicted octanol–water partition coefficient (Wildman–Crippen LogP) is 1.11. The monoisotopic (exact) mass is 545 g/mol. The highest BCUT2D eigenvalue weighted by molar-refractivity contribution is 5.85. The summed E-state index contributed by atoms with van der Waals surface area (Å²) in [5, 5.41) is 16.1. The van der Waals surface area contributed by atoms with Gasteiger partial charge >= 0.3 is 12.0 Å². The van der Waals surface area contributed by atoms with Crippen molar-refractivity contribution in [1.82, 2.24) is 15.5 Å². The number of benzene rings is 1. The number of urea groups is 1. The third-order valence-electron chi connectivity index (χ3n) is 5.74. The lowest BCUT2D eigenvalue weighted by Gasteiger charge is -2.27. The summed E-state index contributed by atoms with van der Waals surface area (Å²) in [7, 11) is 0. The molecule has 2 fully saturated rings. The Labute approximate surface area is 224 Å². The molecule has 2 aliphatic heterocycles. The third-order valence-corrected chi connectivity index (χ3v) is 5.74. The highest BCUT2D eigenvalue weighted by Gasteiger charge is 2.33. The van der Waals surface area contributed by atoms with E-state index in [-0.39, 0.29) is 50.1 Å². The summed E-state index contributed by atoms with van der Waals surface area (Å²) in [6.07, 6.45) is -0.0863. The quantitative estimate of drug-likeness (QED) is 0.247. The summed E-state index contributed by atoms with van der Waals surface area (Å²) in [4.78, 5) is 25.7.